The van der Waals surface area contributed by atoms with Gasteiger partial charge in [-0.05, 0) is 48.7 Å². The molecule has 3 aromatic rings. The number of pyridine rings is 1. The normalized spacial score (nSPS) is 15.1. The number of nitrogens with zero attached hydrogens (tertiary/aromatic N) is 3. The molecule has 0 atom stereocenters. The van der Waals surface area contributed by atoms with Crippen LogP contribution in [0.15, 0.2) is 52.3 Å². The molecular weight excluding hydrogens is 459 g/mol. The van der Waals surface area contributed by atoms with Crippen molar-refractivity contribution in [2.75, 3.05) is 11.9 Å². The molecule has 33 heavy (non-hydrogen) atoms. The number of aryl methyl sites for hydroxylation is 1. The number of benzene rings is 1. The number of fused-ring (bicyclic) bond motifs is 1. The van der Waals surface area contributed by atoms with Crippen molar-refractivity contribution in [1.29, 1.82) is 0 Å². The monoisotopic (exact) mass is 482 g/mol. The summed E-state index contributed by atoms with van der Waals surface area (Å²) in [5, 5.41) is 3.26. The van der Waals surface area contributed by atoms with Crippen molar-refractivity contribution in [3.05, 3.63) is 80.4 Å². The molecule has 1 aliphatic heterocycles. The highest BCUT2D eigenvalue weighted by atomic mass is 32.2. The standard InChI is InChI=1S/C24H23FN4O2S2/c1-3-4-11-26-20-18(22(30)28-12-5-6-15(2)21(28)27-20)13-19-23(31)29(24(32)33-19)14-16-7-9-17(25)10-8-16/h5-10,12-13,26H,3-4,11,14H2,1-2H3. The highest BCUT2D eigenvalue weighted by Gasteiger charge is 2.32. The Morgan fingerprint density at radius 1 is 1.21 bits per heavy atom. The average molecular weight is 483 g/mol. The molecule has 0 saturated carbocycles. The molecule has 1 fully saturated rings. The van der Waals surface area contributed by atoms with Crippen molar-refractivity contribution in [3.8, 4) is 0 Å². The fourth-order valence-corrected chi connectivity index (χ4v) is 4.74. The number of halogens is 1. The first-order chi connectivity index (χ1) is 15.9. The summed E-state index contributed by atoms with van der Waals surface area (Å²) in [5.41, 5.74) is 2.27. The highest BCUT2D eigenvalue weighted by Crippen LogP contribution is 2.34. The Bertz CT molecular complexity index is 1320. The number of unbranched alkanes of at least 4 members (excludes halogenated alkanes) is 1. The van der Waals surface area contributed by atoms with E-state index in [1.165, 1.54) is 21.4 Å². The van der Waals surface area contributed by atoms with Crippen LogP contribution >= 0.6 is 24.0 Å². The number of anilines is 1. The van der Waals surface area contributed by atoms with Crippen LogP contribution in [-0.4, -0.2) is 31.1 Å². The van der Waals surface area contributed by atoms with Crippen LogP contribution in [0.3, 0.4) is 0 Å². The van der Waals surface area contributed by atoms with Crippen LogP contribution in [0, 0.1) is 12.7 Å². The lowest BCUT2D eigenvalue weighted by atomic mass is 10.2. The maximum Gasteiger partial charge on any atom is 0.267 e. The number of thioether (sulfide) groups is 1. The van der Waals surface area contributed by atoms with Crippen LogP contribution in [0.1, 0.15) is 36.5 Å². The van der Waals surface area contributed by atoms with Gasteiger partial charge in [0.2, 0.25) is 0 Å². The van der Waals surface area contributed by atoms with Crippen molar-refractivity contribution in [1.82, 2.24) is 14.3 Å². The Balaban J connectivity index is 1.72. The van der Waals surface area contributed by atoms with Gasteiger partial charge in [-0.15, -0.1) is 0 Å². The Morgan fingerprint density at radius 2 is 1.97 bits per heavy atom. The van der Waals surface area contributed by atoms with Crippen LogP contribution in [0.4, 0.5) is 10.2 Å². The predicted molar refractivity (Wildman–Crippen MR) is 135 cm³/mol. The summed E-state index contributed by atoms with van der Waals surface area (Å²) in [4.78, 5) is 33.0. The lowest BCUT2D eigenvalue weighted by Crippen LogP contribution is -2.27. The minimum absolute atomic E-state index is 0.234. The van der Waals surface area contributed by atoms with E-state index in [2.05, 4.69) is 12.2 Å². The summed E-state index contributed by atoms with van der Waals surface area (Å²) in [6.07, 6.45) is 5.16. The number of carbonyl (C=O) groups is 1. The first-order valence-electron chi connectivity index (χ1n) is 10.6. The molecule has 0 bridgehead atoms. The van der Waals surface area contributed by atoms with Crippen molar-refractivity contribution in [3.63, 3.8) is 0 Å². The van der Waals surface area contributed by atoms with Gasteiger partial charge in [0.1, 0.15) is 21.6 Å². The van der Waals surface area contributed by atoms with E-state index in [-0.39, 0.29) is 23.8 Å². The maximum absolute atomic E-state index is 13.4. The number of amides is 1. The minimum atomic E-state index is -0.341. The van der Waals surface area contributed by atoms with Crippen LogP contribution in [0.25, 0.3) is 11.7 Å². The van der Waals surface area contributed by atoms with Crippen molar-refractivity contribution in [2.45, 2.75) is 33.2 Å². The van der Waals surface area contributed by atoms with E-state index < -0.39 is 0 Å². The number of aromatic nitrogens is 2. The largest absolute Gasteiger partial charge is 0.369 e. The first-order valence-corrected chi connectivity index (χ1v) is 11.9. The zero-order chi connectivity index (χ0) is 23.5. The van der Waals surface area contributed by atoms with Crippen LogP contribution < -0.4 is 10.9 Å². The van der Waals surface area contributed by atoms with Gasteiger partial charge in [0.25, 0.3) is 11.5 Å². The first kappa shape index (κ1) is 23.1. The molecule has 0 aliphatic carbocycles. The molecule has 3 heterocycles. The van der Waals surface area contributed by atoms with Gasteiger partial charge in [-0.25, -0.2) is 9.37 Å². The molecule has 1 saturated heterocycles. The van der Waals surface area contributed by atoms with Gasteiger partial charge < -0.3 is 5.32 Å². The molecule has 6 nitrogen and oxygen atoms in total. The molecule has 2 aromatic heterocycles. The van der Waals surface area contributed by atoms with E-state index >= 15 is 0 Å². The third-order valence-electron chi connectivity index (χ3n) is 5.31. The molecule has 1 N–H and O–H groups in total. The maximum atomic E-state index is 13.4. The molecule has 4 rings (SSSR count). The lowest BCUT2D eigenvalue weighted by Gasteiger charge is -2.14. The van der Waals surface area contributed by atoms with Crippen LogP contribution in [-0.2, 0) is 11.3 Å². The smallest absolute Gasteiger partial charge is 0.267 e. The molecule has 1 aliphatic rings. The Labute approximate surface area is 200 Å². The predicted octanol–water partition coefficient (Wildman–Crippen LogP) is 4.76. The van der Waals surface area contributed by atoms with Gasteiger partial charge in [-0.1, -0.05) is 55.5 Å². The number of nitrogens with one attached hydrogen (secondary N) is 1. The fourth-order valence-electron chi connectivity index (χ4n) is 3.50. The molecule has 170 valence electrons. The molecule has 1 amide bonds. The molecule has 1 aromatic carbocycles. The van der Waals surface area contributed by atoms with E-state index in [9.17, 15) is 14.0 Å². The van der Waals surface area contributed by atoms with E-state index in [4.69, 9.17) is 17.2 Å². The molecule has 0 unspecified atom stereocenters. The fraction of sp³-hybridized carbons (Fsp3) is 0.250. The van der Waals surface area contributed by atoms with Gasteiger partial charge in [0.05, 0.1) is 17.0 Å². The van der Waals surface area contributed by atoms with E-state index in [1.54, 1.807) is 30.5 Å². The van der Waals surface area contributed by atoms with E-state index in [1.807, 2.05) is 13.0 Å². The summed E-state index contributed by atoms with van der Waals surface area (Å²) in [5.74, 6) is -0.180. The van der Waals surface area contributed by atoms with Crippen LogP contribution in [0.2, 0.25) is 0 Å². The zero-order valence-corrected chi connectivity index (χ0v) is 19.9. The van der Waals surface area contributed by atoms with Gasteiger partial charge >= 0.3 is 0 Å². The molecule has 9 heteroatoms. The number of rotatable bonds is 7. The summed E-state index contributed by atoms with van der Waals surface area (Å²) in [6, 6.07) is 9.63. The lowest BCUT2D eigenvalue weighted by molar-refractivity contribution is -0.122. The summed E-state index contributed by atoms with van der Waals surface area (Å²) < 4.78 is 15.1. The van der Waals surface area contributed by atoms with Gasteiger partial charge in [-0.3, -0.25) is 18.9 Å². The quantitative estimate of drug-likeness (QED) is 0.298. The van der Waals surface area contributed by atoms with Gasteiger partial charge in [0, 0.05) is 12.7 Å². The highest BCUT2D eigenvalue weighted by molar-refractivity contribution is 8.26. The number of hydrogen-bond acceptors (Lipinski definition) is 6. The number of thiocarbonyl (C=S) groups is 1. The zero-order valence-electron chi connectivity index (χ0n) is 18.3. The second-order valence-corrected chi connectivity index (χ2v) is 9.41. The van der Waals surface area contributed by atoms with Crippen LogP contribution in [0.5, 0.6) is 0 Å². The third-order valence-corrected chi connectivity index (χ3v) is 6.69. The SMILES string of the molecule is CCCCNc1nc2c(C)cccn2c(=O)c1C=C1SC(=S)N(Cc2ccc(F)cc2)C1=O. The summed E-state index contributed by atoms with van der Waals surface area (Å²) >= 11 is 6.56. The molecule has 0 spiro atoms. The van der Waals surface area contributed by atoms with Gasteiger partial charge in [-0.2, -0.15) is 0 Å². The second-order valence-electron chi connectivity index (χ2n) is 7.74. The van der Waals surface area contributed by atoms with Crippen molar-refractivity contribution < 1.29 is 9.18 Å². The topological polar surface area (TPSA) is 66.7 Å². The Kier molecular flexibility index (Phi) is 6.90. The van der Waals surface area contributed by atoms with E-state index in [0.717, 1.165) is 35.7 Å². The number of hydrogen-bond donors (Lipinski definition) is 1. The third kappa shape index (κ3) is 4.84. The molecule has 0 radical (unpaired) electrons. The summed E-state index contributed by atoms with van der Waals surface area (Å²) in [7, 11) is 0. The minimum Gasteiger partial charge on any atom is -0.369 e. The summed E-state index contributed by atoms with van der Waals surface area (Å²) in [6.45, 7) is 4.88. The second kappa shape index (κ2) is 9.84. The van der Waals surface area contributed by atoms with Crippen molar-refractivity contribution in [2.24, 2.45) is 0 Å². The Hall–Kier alpha value is -3.04. The van der Waals surface area contributed by atoms with Gasteiger partial charge in [0.15, 0.2) is 0 Å². The number of carbonyl (C=O) groups excluding carboxylic acids is 1. The van der Waals surface area contributed by atoms with E-state index in [0.29, 0.717) is 32.8 Å². The Morgan fingerprint density at radius 3 is 2.70 bits per heavy atom. The average Bonchev–Trinajstić information content (AvgIpc) is 3.06. The molecular formula is C24H23FN4O2S2. The van der Waals surface area contributed by atoms with Crippen molar-refractivity contribution >= 4 is 51.7 Å².